The first-order chi connectivity index (χ1) is 8.02. The number of carbonyl (C=O) groups is 1. The minimum absolute atomic E-state index is 0.0988. The number of aliphatic hydroxyl groups excluding tert-OH is 1. The Bertz CT molecular complexity index is 403. The van der Waals surface area contributed by atoms with Crippen LogP contribution in [-0.2, 0) is 11.2 Å². The van der Waals surface area contributed by atoms with Crippen molar-refractivity contribution in [2.75, 3.05) is 6.61 Å². The fourth-order valence-electron chi connectivity index (χ4n) is 1.78. The lowest BCUT2D eigenvalue weighted by atomic mass is 10.1. The number of aliphatic hydroxyl groups is 1. The predicted octanol–water partition coefficient (Wildman–Crippen LogP) is 0.877. The molecule has 0 aromatic heterocycles. The molecule has 92 valence electrons. The quantitative estimate of drug-likeness (QED) is 0.817. The van der Waals surface area contributed by atoms with Crippen molar-refractivity contribution < 1.29 is 14.6 Å². The van der Waals surface area contributed by atoms with Crippen LogP contribution in [0, 0.1) is 0 Å². The first-order valence-corrected chi connectivity index (χ1v) is 5.69. The summed E-state index contributed by atoms with van der Waals surface area (Å²) in [6, 6.07) is 7.64. The highest BCUT2D eigenvalue weighted by molar-refractivity contribution is 5.83. The van der Waals surface area contributed by atoms with Crippen molar-refractivity contribution in [2.45, 2.75) is 31.9 Å². The largest absolute Gasteiger partial charge is 0.480 e. The second-order valence-corrected chi connectivity index (χ2v) is 4.95. The van der Waals surface area contributed by atoms with Crippen molar-refractivity contribution in [1.82, 2.24) is 5.32 Å². The molecule has 1 atom stereocenters. The van der Waals surface area contributed by atoms with E-state index in [0.717, 1.165) is 11.3 Å². The second-order valence-electron chi connectivity index (χ2n) is 4.95. The van der Waals surface area contributed by atoms with Gasteiger partial charge in [0.05, 0.1) is 12.1 Å². The van der Waals surface area contributed by atoms with Crippen LogP contribution in [0.3, 0.4) is 0 Å². The molecule has 4 nitrogen and oxygen atoms in total. The van der Waals surface area contributed by atoms with Gasteiger partial charge in [0.2, 0.25) is 0 Å². The molecule has 1 heterocycles. The highest BCUT2D eigenvalue weighted by Crippen LogP contribution is 2.28. The zero-order chi connectivity index (χ0) is 12.5. The molecule has 1 amide bonds. The maximum absolute atomic E-state index is 11.9. The van der Waals surface area contributed by atoms with Crippen molar-refractivity contribution >= 4 is 5.91 Å². The van der Waals surface area contributed by atoms with Gasteiger partial charge in [-0.3, -0.25) is 4.79 Å². The number of carbonyl (C=O) groups excluding carboxylic acids is 1. The van der Waals surface area contributed by atoms with E-state index in [9.17, 15) is 4.79 Å². The third kappa shape index (κ3) is 2.58. The van der Waals surface area contributed by atoms with Crippen LogP contribution >= 0.6 is 0 Å². The Hall–Kier alpha value is -1.55. The summed E-state index contributed by atoms with van der Waals surface area (Å²) < 4.78 is 5.57. The number of fused-ring (bicyclic) bond motifs is 1. The Morgan fingerprint density at radius 2 is 2.24 bits per heavy atom. The highest BCUT2D eigenvalue weighted by atomic mass is 16.5. The normalized spacial score (nSPS) is 18.4. The molecule has 0 aliphatic carbocycles. The molecule has 2 rings (SSSR count). The van der Waals surface area contributed by atoms with E-state index in [0.29, 0.717) is 6.42 Å². The summed E-state index contributed by atoms with van der Waals surface area (Å²) in [6.45, 7) is 3.44. The van der Waals surface area contributed by atoms with Gasteiger partial charge in [-0.25, -0.2) is 0 Å². The van der Waals surface area contributed by atoms with Crippen LogP contribution in [0.4, 0.5) is 0 Å². The van der Waals surface area contributed by atoms with Gasteiger partial charge in [-0.2, -0.15) is 0 Å². The minimum Gasteiger partial charge on any atom is -0.480 e. The van der Waals surface area contributed by atoms with Gasteiger partial charge >= 0.3 is 0 Å². The van der Waals surface area contributed by atoms with Crippen LogP contribution in [0.5, 0.6) is 5.75 Å². The van der Waals surface area contributed by atoms with Crippen LogP contribution in [0.25, 0.3) is 0 Å². The molecule has 1 aromatic carbocycles. The summed E-state index contributed by atoms with van der Waals surface area (Å²) >= 11 is 0. The number of amides is 1. The van der Waals surface area contributed by atoms with Gasteiger partial charge in [-0.05, 0) is 25.5 Å². The second kappa shape index (κ2) is 4.37. The van der Waals surface area contributed by atoms with Gasteiger partial charge in [0.1, 0.15) is 5.75 Å². The van der Waals surface area contributed by atoms with E-state index in [1.165, 1.54) is 0 Å². The minimum atomic E-state index is -0.616. The van der Waals surface area contributed by atoms with Crippen LogP contribution in [-0.4, -0.2) is 29.3 Å². The standard InChI is InChI=1S/C13H17NO3/c1-13(2,8-15)14-12(16)11-7-9-5-3-4-6-10(9)17-11/h3-6,11,15H,7-8H2,1-2H3,(H,14,16). The molecule has 0 radical (unpaired) electrons. The first kappa shape index (κ1) is 11.9. The van der Waals surface area contributed by atoms with Crippen molar-refractivity contribution in [3.63, 3.8) is 0 Å². The summed E-state index contributed by atoms with van der Waals surface area (Å²) in [6.07, 6.45) is 0.0991. The molecular formula is C13H17NO3. The molecule has 0 spiro atoms. The summed E-state index contributed by atoms with van der Waals surface area (Å²) in [5.41, 5.74) is 0.435. The van der Waals surface area contributed by atoms with E-state index in [4.69, 9.17) is 9.84 Å². The zero-order valence-electron chi connectivity index (χ0n) is 10.1. The third-order valence-corrected chi connectivity index (χ3v) is 2.80. The summed E-state index contributed by atoms with van der Waals surface area (Å²) in [4.78, 5) is 11.9. The molecule has 1 aliphatic rings. The summed E-state index contributed by atoms with van der Waals surface area (Å²) in [7, 11) is 0. The number of benzene rings is 1. The Balaban J connectivity index is 2.01. The van der Waals surface area contributed by atoms with Crippen LogP contribution in [0.2, 0.25) is 0 Å². The smallest absolute Gasteiger partial charge is 0.261 e. The van der Waals surface area contributed by atoms with Crippen molar-refractivity contribution in [1.29, 1.82) is 0 Å². The Kier molecular flexibility index (Phi) is 3.07. The van der Waals surface area contributed by atoms with Gasteiger partial charge in [-0.15, -0.1) is 0 Å². The number of hydrogen-bond donors (Lipinski definition) is 2. The molecule has 1 aliphatic heterocycles. The topological polar surface area (TPSA) is 58.6 Å². The van der Waals surface area contributed by atoms with Crippen LogP contribution in [0.1, 0.15) is 19.4 Å². The highest BCUT2D eigenvalue weighted by Gasteiger charge is 2.31. The zero-order valence-corrected chi connectivity index (χ0v) is 10.1. The Morgan fingerprint density at radius 3 is 2.88 bits per heavy atom. The molecular weight excluding hydrogens is 218 g/mol. The average molecular weight is 235 g/mol. The van der Waals surface area contributed by atoms with E-state index in [1.807, 2.05) is 24.3 Å². The number of hydrogen-bond acceptors (Lipinski definition) is 3. The van der Waals surface area contributed by atoms with Crippen LogP contribution in [0.15, 0.2) is 24.3 Å². The SMILES string of the molecule is CC(C)(CO)NC(=O)C1Cc2ccccc2O1. The summed E-state index contributed by atoms with van der Waals surface area (Å²) in [5, 5.41) is 11.9. The molecule has 1 aromatic rings. The Labute approximate surface area is 101 Å². The monoisotopic (exact) mass is 235 g/mol. The first-order valence-electron chi connectivity index (χ1n) is 5.69. The van der Waals surface area contributed by atoms with Crippen molar-refractivity contribution in [3.8, 4) is 5.75 Å². The maximum atomic E-state index is 11.9. The molecule has 4 heteroatoms. The lowest BCUT2D eigenvalue weighted by Crippen LogP contribution is -2.51. The number of para-hydroxylation sites is 1. The number of ether oxygens (including phenoxy) is 1. The summed E-state index contributed by atoms with van der Waals surface area (Å²) in [5.74, 6) is 0.592. The van der Waals surface area contributed by atoms with E-state index in [1.54, 1.807) is 13.8 Å². The van der Waals surface area contributed by atoms with E-state index in [2.05, 4.69) is 5.32 Å². The fraction of sp³-hybridized carbons (Fsp3) is 0.462. The fourth-order valence-corrected chi connectivity index (χ4v) is 1.78. The van der Waals surface area contributed by atoms with Gasteiger partial charge in [0.15, 0.2) is 6.10 Å². The van der Waals surface area contributed by atoms with Crippen LogP contribution < -0.4 is 10.1 Å². The Morgan fingerprint density at radius 1 is 1.53 bits per heavy atom. The third-order valence-electron chi connectivity index (χ3n) is 2.80. The molecule has 0 saturated heterocycles. The molecule has 0 bridgehead atoms. The maximum Gasteiger partial charge on any atom is 0.261 e. The van der Waals surface area contributed by atoms with Crippen molar-refractivity contribution in [3.05, 3.63) is 29.8 Å². The lowest BCUT2D eigenvalue weighted by molar-refractivity contribution is -0.129. The van der Waals surface area contributed by atoms with Gasteiger partial charge in [-0.1, -0.05) is 18.2 Å². The molecule has 17 heavy (non-hydrogen) atoms. The number of rotatable bonds is 3. The van der Waals surface area contributed by atoms with E-state index in [-0.39, 0.29) is 12.5 Å². The van der Waals surface area contributed by atoms with Gasteiger partial charge < -0.3 is 15.2 Å². The van der Waals surface area contributed by atoms with Gasteiger partial charge in [0, 0.05) is 6.42 Å². The molecule has 0 saturated carbocycles. The van der Waals surface area contributed by atoms with E-state index < -0.39 is 11.6 Å². The lowest BCUT2D eigenvalue weighted by Gasteiger charge is -2.25. The van der Waals surface area contributed by atoms with Gasteiger partial charge in [0.25, 0.3) is 5.91 Å². The van der Waals surface area contributed by atoms with E-state index >= 15 is 0 Å². The van der Waals surface area contributed by atoms with Crippen molar-refractivity contribution in [2.24, 2.45) is 0 Å². The molecule has 2 N–H and O–H groups in total. The average Bonchev–Trinajstić information content (AvgIpc) is 2.72. The molecule has 1 unspecified atom stereocenters. The molecule has 0 fully saturated rings. The number of nitrogens with one attached hydrogen (secondary N) is 1. The predicted molar refractivity (Wildman–Crippen MR) is 63.9 cm³/mol.